The van der Waals surface area contributed by atoms with Crippen LogP contribution in [-0.4, -0.2) is 31.7 Å². The molecule has 100 valence electrons. The first-order valence-electron chi connectivity index (χ1n) is 5.53. The zero-order chi connectivity index (χ0) is 13.8. The van der Waals surface area contributed by atoms with Gasteiger partial charge >= 0.3 is 0 Å². The smallest absolute Gasteiger partial charge is 0.269 e. The van der Waals surface area contributed by atoms with Crippen LogP contribution in [0.4, 0.5) is 5.69 Å². The molecule has 18 heavy (non-hydrogen) atoms. The van der Waals surface area contributed by atoms with Gasteiger partial charge in [-0.05, 0) is 12.1 Å². The normalized spacial score (nSPS) is 11.7. The Morgan fingerprint density at radius 1 is 1.28 bits per heavy atom. The van der Waals surface area contributed by atoms with E-state index in [1.807, 2.05) is 13.8 Å². The molecule has 0 spiro atoms. The fourth-order valence-electron chi connectivity index (χ4n) is 1.38. The number of nitrogens with zero attached hydrogens (tertiary/aromatic N) is 1. The van der Waals surface area contributed by atoms with Gasteiger partial charge in [0.05, 0.1) is 15.6 Å². The Morgan fingerprint density at radius 3 is 2.28 bits per heavy atom. The third kappa shape index (κ3) is 4.08. The number of hydrogen-bond donors (Lipinski definition) is 1. The number of benzene rings is 1. The van der Waals surface area contributed by atoms with E-state index >= 15 is 0 Å². The van der Waals surface area contributed by atoms with Crippen LogP contribution in [0.3, 0.4) is 0 Å². The highest BCUT2D eigenvalue weighted by molar-refractivity contribution is 7.91. The number of hydrogen-bond acceptors (Lipinski definition) is 5. The molecule has 0 bridgehead atoms. The van der Waals surface area contributed by atoms with Gasteiger partial charge in [-0.1, -0.05) is 13.8 Å². The molecule has 0 fully saturated rings. The van der Waals surface area contributed by atoms with E-state index in [-0.39, 0.29) is 22.4 Å². The molecule has 7 heteroatoms. The Bertz CT molecular complexity index is 508. The molecular formula is C11H16N2O4S. The summed E-state index contributed by atoms with van der Waals surface area (Å²) in [6, 6.07) is 5.15. The molecule has 1 aromatic rings. The fraction of sp³-hybridized carbons (Fsp3) is 0.455. The molecular weight excluding hydrogens is 256 g/mol. The van der Waals surface area contributed by atoms with Crippen molar-refractivity contribution in [1.29, 1.82) is 0 Å². The van der Waals surface area contributed by atoms with Crippen molar-refractivity contribution in [3.8, 4) is 0 Å². The second-order valence-electron chi connectivity index (χ2n) is 4.18. The minimum atomic E-state index is -3.38. The molecule has 0 aliphatic heterocycles. The van der Waals surface area contributed by atoms with Crippen LogP contribution in [0.1, 0.15) is 13.8 Å². The zero-order valence-electron chi connectivity index (χ0n) is 10.3. The lowest BCUT2D eigenvalue weighted by Gasteiger charge is -2.08. The van der Waals surface area contributed by atoms with Crippen molar-refractivity contribution in [2.45, 2.75) is 24.8 Å². The average molecular weight is 272 g/mol. The number of rotatable bonds is 6. The average Bonchev–Trinajstić information content (AvgIpc) is 2.28. The molecule has 0 amide bonds. The molecule has 0 unspecified atom stereocenters. The van der Waals surface area contributed by atoms with Gasteiger partial charge in [-0.3, -0.25) is 10.1 Å². The summed E-state index contributed by atoms with van der Waals surface area (Å²) in [6.07, 6.45) is 0. The summed E-state index contributed by atoms with van der Waals surface area (Å²) in [6.45, 7) is 4.22. The summed E-state index contributed by atoms with van der Waals surface area (Å²) in [4.78, 5) is 10.0. The van der Waals surface area contributed by atoms with Crippen LogP contribution in [0.25, 0.3) is 0 Å². The summed E-state index contributed by atoms with van der Waals surface area (Å²) in [5, 5.41) is 13.5. The van der Waals surface area contributed by atoms with Crippen LogP contribution in [0.2, 0.25) is 0 Å². The van der Waals surface area contributed by atoms with Crippen LogP contribution in [0, 0.1) is 10.1 Å². The Hall–Kier alpha value is -1.47. The van der Waals surface area contributed by atoms with Gasteiger partial charge in [-0.25, -0.2) is 8.42 Å². The summed E-state index contributed by atoms with van der Waals surface area (Å²) in [5.74, 6) is -0.0248. The van der Waals surface area contributed by atoms with Crippen molar-refractivity contribution in [2.24, 2.45) is 0 Å². The van der Waals surface area contributed by atoms with Crippen LogP contribution < -0.4 is 5.32 Å². The first-order valence-corrected chi connectivity index (χ1v) is 7.19. The van der Waals surface area contributed by atoms with Crippen molar-refractivity contribution >= 4 is 15.5 Å². The highest BCUT2D eigenvalue weighted by atomic mass is 32.2. The van der Waals surface area contributed by atoms with Gasteiger partial charge in [0, 0.05) is 24.7 Å². The maximum absolute atomic E-state index is 11.9. The first kappa shape index (κ1) is 14.6. The van der Waals surface area contributed by atoms with Crippen LogP contribution in [-0.2, 0) is 9.84 Å². The van der Waals surface area contributed by atoms with E-state index in [1.54, 1.807) is 0 Å². The Morgan fingerprint density at radius 2 is 1.83 bits per heavy atom. The van der Waals surface area contributed by atoms with Crippen LogP contribution in [0.5, 0.6) is 0 Å². The molecule has 1 aromatic carbocycles. The number of nitro benzene ring substituents is 1. The maximum Gasteiger partial charge on any atom is 0.269 e. The molecule has 6 nitrogen and oxygen atoms in total. The molecule has 0 aliphatic carbocycles. The van der Waals surface area contributed by atoms with Crippen molar-refractivity contribution in [1.82, 2.24) is 5.32 Å². The predicted octanol–water partition coefficient (Wildman–Crippen LogP) is 1.37. The van der Waals surface area contributed by atoms with Crippen molar-refractivity contribution < 1.29 is 13.3 Å². The Labute approximate surface area is 106 Å². The molecule has 0 saturated carbocycles. The van der Waals surface area contributed by atoms with Gasteiger partial charge in [0.2, 0.25) is 0 Å². The topological polar surface area (TPSA) is 89.3 Å². The lowest BCUT2D eigenvalue weighted by molar-refractivity contribution is -0.384. The summed E-state index contributed by atoms with van der Waals surface area (Å²) in [5.41, 5.74) is -0.116. The van der Waals surface area contributed by atoms with Crippen molar-refractivity contribution in [3.63, 3.8) is 0 Å². The monoisotopic (exact) mass is 272 g/mol. The fourth-order valence-corrected chi connectivity index (χ4v) is 2.55. The molecule has 0 atom stereocenters. The molecule has 1 N–H and O–H groups in total. The third-order valence-corrected chi connectivity index (χ3v) is 4.06. The second-order valence-corrected chi connectivity index (χ2v) is 6.29. The third-order valence-electron chi connectivity index (χ3n) is 2.33. The van der Waals surface area contributed by atoms with E-state index in [2.05, 4.69) is 5.32 Å². The Kier molecular flexibility index (Phi) is 4.80. The lowest BCUT2D eigenvalue weighted by Crippen LogP contribution is -2.28. The van der Waals surface area contributed by atoms with E-state index in [9.17, 15) is 18.5 Å². The zero-order valence-corrected chi connectivity index (χ0v) is 11.1. The molecule has 1 rings (SSSR count). The number of nitrogens with one attached hydrogen (secondary N) is 1. The van der Waals surface area contributed by atoms with Crippen LogP contribution in [0.15, 0.2) is 29.2 Å². The van der Waals surface area contributed by atoms with E-state index in [1.165, 1.54) is 24.3 Å². The highest BCUT2D eigenvalue weighted by Crippen LogP contribution is 2.16. The summed E-state index contributed by atoms with van der Waals surface area (Å²) < 4.78 is 23.8. The largest absolute Gasteiger partial charge is 0.314 e. The second kappa shape index (κ2) is 5.92. The molecule has 0 heterocycles. The van der Waals surface area contributed by atoms with Gasteiger partial charge in [-0.15, -0.1) is 0 Å². The minimum absolute atomic E-state index is 0.0248. The van der Waals surface area contributed by atoms with Crippen molar-refractivity contribution in [2.75, 3.05) is 12.3 Å². The molecule has 0 saturated heterocycles. The summed E-state index contributed by atoms with van der Waals surface area (Å²) >= 11 is 0. The number of nitro groups is 1. The van der Waals surface area contributed by atoms with E-state index in [0.29, 0.717) is 6.54 Å². The highest BCUT2D eigenvalue weighted by Gasteiger charge is 2.15. The van der Waals surface area contributed by atoms with Gasteiger partial charge in [0.15, 0.2) is 9.84 Å². The molecule has 0 aliphatic rings. The lowest BCUT2D eigenvalue weighted by atomic mass is 10.3. The summed E-state index contributed by atoms with van der Waals surface area (Å²) in [7, 11) is -3.38. The van der Waals surface area contributed by atoms with Crippen LogP contribution >= 0.6 is 0 Å². The predicted molar refractivity (Wildman–Crippen MR) is 68.3 cm³/mol. The van der Waals surface area contributed by atoms with Gasteiger partial charge in [0.25, 0.3) is 5.69 Å². The van der Waals surface area contributed by atoms with E-state index < -0.39 is 14.8 Å². The quantitative estimate of drug-likeness (QED) is 0.624. The SMILES string of the molecule is CC(C)NCCS(=O)(=O)c1ccc([N+](=O)[O-])cc1. The standard InChI is InChI=1S/C11H16N2O4S/c1-9(2)12-7-8-18(16,17)11-5-3-10(4-6-11)13(14)15/h3-6,9,12H,7-8H2,1-2H3. The van der Waals surface area contributed by atoms with Gasteiger partial charge in [0.1, 0.15) is 0 Å². The van der Waals surface area contributed by atoms with E-state index in [4.69, 9.17) is 0 Å². The molecule has 0 radical (unpaired) electrons. The van der Waals surface area contributed by atoms with Gasteiger partial charge < -0.3 is 5.32 Å². The first-order chi connectivity index (χ1) is 8.33. The number of sulfone groups is 1. The molecule has 0 aromatic heterocycles. The van der Waals surface area contributed by atoms with Crippen molar-refractivity contribution in [3.05, 3.63) is 34.4 Å². The van der Waals surface area contributed by atoms with Gasteiger partial charge in [-0.2, -0.15) is 0 Å². The Balaban J connectivity index is 2.76. The number of non-ortho nitro benzene ring substituents is 1. The maximum atomic E-state index is 11.9. The minimum Gasteiger partial charge on any atom is -0.314 e. The van der Waals surface area contributed by atoms with E-state index in [0.717, 1.165) is 0 Å².